The van der Waals surface area contributed by atoms with Crippen LogP contribution in [0.2, 0.25) is 5.02 Å². The predicted octanol–water partition coefficient (Wildman–Crippen LogP) is 2.77. The van der Waals surface area contributed by atoms with Gasteiger partial charge in [-0.05, 0) is 23.8 Å². The van der Waals surface area contributed by atoms with Gasteiger partial charge in [0.1, 0.15) is 0 Å². The highest BCUT2D eigenvalue weighted by Gasteiger charge is 2.26. The number of hydrogen-bond acceptors (Lipinski definition) is 6. The Morgan fingerprint density at radius 3 is 2.38 bits per heavy atom. The molecule has 8 nitrogen and oxygen atoms in total. The largest absolute Gasteiger partial charge is 0.379 e. The Morgan fingerprint density at radius 1 is 1.10 bits per heavy atom. The van der Waals surface area contributed by atoms with E-state index < -0.39 is 14.9 Å². The summed E-state index contributed by atoms with van der Waals surface area (Å²) in [4.78, 5) is 12.5. The monoisotopic (exact) mass is 439 g/mol. The molecule has 1 aliphatic rings. The SMILES string of the molecule is O=[N+]([O-])c1ccc(S(=O)(=O)N(CCN2CCOCC2)Cc2ccccc2Cl)cc1. The van der Waals surface area contributed by atoms with Crippen molar-refractivity contribution in [1.82, 2.24) is 9.21 Å². The number of nitro benzene ring substituents is 1. The second kappa shape index (κ2) is 9.64. The molecule has 0 spiro atoms. The molecule has 0 amide bonds. The van der Waals surface area contributed by atoms with Crippen molar-refractivity contribution in [1.29, 1.82) is 0 Å². The summed E-state index contributed by atoms with van der Waals surface area (Å²) in [6.45, 7) is 3.68. The van der Waals surface area contributed by atoms with Gasteiger partial charge >= 0.3 is 0 Å². The van der Waals surface area contributed by atoms with Gasteiger partial charge in [-0.1, -0.05) is 29.8 Å². The van der Waals surface area contributed by atoms with Crippen LogP contribution in [0.25, 0.3) is 0 Å². The first-order valence-corrected chi connectivity index (χ1v) is 11.0. The Balaban J connectivity index is 1.85. The van der Waals surface area contributed by atoms with Crippen molar-refractivity contribution in [3.8, 4) is 0 Å². The molecular weight excluding hydrogens is 418 g/mol. The molecule has 10 heteroatoms. The van der Waals surface area contributed by atoms with Crippen LogP contribution in [-0.2, 0) is 21.3 Å². The topological polar surface area (TPSA) is 93.0 Å². The maximum absolute atomic E-state index is 13.3. The number of morpholine rings is 1. The quantitative estimate of drug-likeness (QED) is 0.463. The van der Waals surface area contributed by atoms with Crippen molar-refractivity contribution in [3.63, 3.8) is 0 Å². The van der Waals surface area contributed by atoms with E-state index in [1.54, 1.807) is 24.3 Å². The third kappa shape index (κ3) is 5.52. The number of ether oxygens (including phenoxy) is 1. The van der Waals surface area contributed by atoms with Gasteiger partial charge in [-0.3, -0.25) is 15.0 Å². The standard InChI is InChI=1S/C19H22ClN3O5S/c20-19-4-2-1-3-16(19)15-22(10-9-21-11-13-28-14-12-21)29(26,27)18-7-5-17(6-8-18)23(24)25/h1-8H,9-15H2. The molecule has 1 fully saturated rings. The highest BCUT2D eigenvalue weighted by atomic mass is 35.5. The Morgan fingerprint density at radius 2 is 1.76 bits per heavy atom. The van der Waals surface area contributed by atoms with E-state index in [4.69, 9.17) is 16.3 Å². The number of nitrogens with zero attached hydrogens (tertiary/aromatic N) is 3. The van der Waals surface area contributed by atoms with Crippen molar-refractivity contribution in [2.45, 2.75) is 11.4 Å². The summed E-state index contributed by atoms with van der Waals surface area (Å²) < 4.78 is 33.2. The molecule has 2 aromatic carbocycles. The zero-order valence-corrected chi connectivity index (χ0v) is 17.3. The van der Waals surface area contributed by atoms with E-state index in [-0.39, 0.29) is 23.7 Å². The molecule has 0 aliphatic carbocycles. The fourth-order valence-electron chi connectivity index (χ4n) is 3.07. The minimum absolute atomic E-state index is 0.0112. The van der Waals surface area contributed by atoms with Gasteiger partial charge < -0.3 is 4.74 Å². The van der Waals surface area contributed by atoms with Gasteiger partial charge in [0.05, 0.1) is 23.0 Å². The molecule has 156 valence electrons. The normalized spacial score (nSPS) is 15.5. The van der Waals surface area contributed by atoms with E-state index in [2.05, 4.69) is 4.90 Å². The molecule has 2 aromatic rings. The van der Waals surface area contributed by atoms with Crippen LogP contribution in [0.15, 0.2) is 53.4 Å². The molecule has 0 saturated carbocycles. The zero-order chi connectivity index (χ0) is 20.9. The number of rotatable bonds is 8. The first kappa shape index (κ1) is 21.7. The molecule has 1 aliphatic heterocycles. The number of hydrogen-bond donors (Lipinski definition) is 0. The van der Waals surface area contributed by atoms with Crippen LogP contribution in [0.1, 0.15) is 5.56 Å². The second-order valence-electron chi connectivity index (χ2n) is 6.64. The molecular formula is C19H22ClN3O5S. The molecule has 0 N–H and O–H groups in total. The number of halogens is 1. The lowest BCUT2D eigenvalue weighted by atomic mass is 10.2. The van der Waals surface area contributed by atoms with Crippen LogP contribution >= 0.6 is 11.6 Å². The van der Waals surface area contributed by atoms with Crippen LogP contribution in [0, 0.1) is 10.1 Å². The molecule has 0 radical (unpaired) electrons. The van der Waals surface area contributed by atoms with Crippen molar-refractivity contribution in [2.24, 2.45) is 0 Å². The van der Waals surface area contributed by atoms with Gasteiger partial charge in [0.15, 0.2) is 0 Å². The smallest absolute Gasteiger partial charge is 0.269 e. The first-order chi connectivity index (χ1) is 13.9. The minimum atomic E-state index is -3.87. The van der Waals surface area contributed by atoms with Gasteiger partial charge in [-0.2, -0.15) is 4.31 Å². The lowest BCUT2D eigenvalue weighted by Crippen LogP contribution is -2.42. The van der Waals surface area contributed by atoms with Gasteiger partial charge in [0.2, 0.25) is 10.0 Å². The Labute approximate surface area is 174 Å². The summed E-state index contributed by atoms with van der Waals surface area (Å²) in [5.41, 5.74) is 0.538. The lowest BCUT2D eigenvalue weighted by Gasteiger charge is -2.30. The lowest BCUT2D eigenvalue weighted by molar-refractivity contribution is -0.384. The summed E-state index contributed by atoms with van der Waals surface area (Å²) in [6, 6.07) is 12.0. The first-order valence-electron chi connectivity index (χ1n) is 9.16. The Kier molecular flexibility index (Phi) is 7.20. The molecule has 0 bridgehead atoms. The summed E-state index contributed by atoms with van der Waals surface area (Å²) in [5, 5.41) is 11.4. The van der Waals surface area contributed by atoms with E-state index in [0.29, 0.717) is 30.3 Å². The molecule has 0 atom stereocenters. The molecule has 1 saturated heterocycles. The van der Waals surface area contributed by atoms with Gasteiger partial charge in [0, 0.05) is 49.9 Å². The van der Waals surface area contributed by atoms with Crippen LogP contribution in [-0.4, -0.2) is 61.9 Å². The average Bonchev–Trinajstić information content (AvgIpc) is 2.73. The van der Waals surface area contributed by atoms with Crippen LogP contribution < -0.4 is 0 Å². The molecule has 0 unspecified atom stereocenters. The molecule has 0 aromatic heterocycles. The van der Waals surface area contributed by atoms with E-state index in [1.807, 2.05) is 0 Å². The van der Waals surface area contributed by atoms with Crippen LogP contribution in [0.5, 0.6) is 0 Å². The van der Waals surface area contributed by atoms with E-state index in [0.717, 1.165) is 13.1 Å². The van der Waals surface area contributed by atoms with Crippen molar-refractivity contribution >= 4 is 27.3 Å². The fourth-order valence-corrected chi connectivity index (χ4v) is 4.67. The average molecular weight is 440 g/mol. The van der Waals surface area contributed by atoms with E-state index in [9.17, 15) is 18.5 Å². The van der Waals surface area contributed by atoms with Gasteiger partial charge in [0.25, 0.3) is 5.69 Å². The van der Waals surface area contributed by atoms with Gasteiger partial charge in [-0.25, -0.2) is 8.42 Å². The Bertz CT molecular complexity index is 947. The summed E-state index contributed by atoms with van der Waals surface area (Å²) in [6.07, 6.45) is 0. The summed E-state index contributed by atoms with van der Waals surface area (Å²) in [5.74, 6) is 0. The number of benzene rings is 2. The highest BCUT2D eigenvalue weighted by molar-refractivity contribution is 7.89. The summed E-state index contributed by atoms with van der Waals surface area (Å²) in [7, 11) is -3.87. The van der Waals surface area contributed by atoms with Crippen LogP contribution in [0.4, 0.5) is 5.69 Å². The van der Waals surface area contributed by atoms with E-state index >= 15 is 0 Å². The maximum atomic E-state index is 13.3. The number of nitro groups is 1. The molecule has 29 heavy (non-hydrogen) atoms. The van der Waals surface area contributed by atoms with E-state index in [1.165, 1.54) is 28.6 Å². The number of non-ortho nitro benzene ring substituents is 1. The molecule has 3 rings (SSSR count). The second-order valence-corrected chi connectivity index (χ2v) is 8.98. The van der Waals surface area contributed by atoms with Crippen molar-refractivity contribution in [3.05, 3.63) is 69.2 Å². The minimum Gasteiger partial charge on any atom is -0.379 e. The predicted molar refractivity (Wildman–Crippen MR) is 109 cm³/mol. The third-order valence-electron chi connectivity index (χ3n) is 4.76. The Hall–Kier alpha value is -2.04. The van der Waals surface area contributed by atoms with Crippen LogP contribution in [0.3, 0.4) is 0 Å². The fraction of sp³-hybridized carbons (Fsp3) is 0.368. The van der Waals surface area contributed by atoms with Crippen molar-refractivity contribution < 1.29 is 18.1 Å². The zero-order valence-electron chi connectivity index (χ0n) is 15.7. The maximum Gasteiger partial charge on any atom is 0.269 e. The third-order valence-corrected chi connectivity index (χ3v) is 6.99. The molecule has 1 heterocycles. The highest BCUT2D eigenvalue weighted by Crippen LogP contribution is 2.24. The van der Waals surface area contributed by atoms with Gasteiger partial charge in [-0.15, -0.1) is 0 Å². The van der Waals surface area contributed by atoms with Crippen molar-refractivity contribution in [2.75, 3.05) is 39.4 Å². The number of sulfonamides is 1. The summed E-state index contributed by atoms with van der Waals surface area (Å²) >= 11 is 6.25.